The summed E-state index contributed by atoms with van der Waals surface area (Å²) in [5, 5.41) is 19.0. The Labute approximate surface area is 90.0 Å². The number of nitro groups is 1. The molecule has 0 radical (unpaired) electrons. The van der Waals surface area contributed by atoms with Gasteiger partial charge in [-0.1, -0.05) is 0 Å². The fourth-order valence-electron chi connectivity index (χ4n) is 1.21. The van der Waals surface area contributed by atoms with Crippen molar-refractivity contribution in [3.63, 3.8) is 0 Å². The molecule has 0 spiro atoms. The molecule has 0 amide bonds. The smallest absolute Gasteiger partial charge is 0.328 e. The Bertz CT molecular complexity index is 482. The maximum atomic E-state index is 13.0. The van der Waals surface area contributed by atoms with Gasteiger partial charge in [0, 0.05) is 11.6 Å². The first-order valence-electron chi connectivity index (χ1n) is 4.27. The lowest BCUT2D eigenvalue weighted by Crippen LogP contribution is -1.96. The Kier molecular flexibility index (Phi) is 3.34. The zero-order chi connectivity index (χ0) is 12.3. The van der Waals surface area contributed by atoms with Crippen LogP contribution in [-0.2, 0) is 4.79 Å². The van der Waals surface area contributed by atoms with E-state index in [4.69, 9.17) is 5.11 Å². The molecule has 1 aromatic rings. The average molecular weight is 225 g/mol. The maximum Gasteiger partial charge on any atom is 0.328 e. The van der Waals surface area contributed by atoms with Crippen molar-refractivity contribution < 1.29 is 19.2 Å². The molecule has 6 heteroatoms. The van der Waals surface area contributed by atoms with Crippen LogP contribution in [0.3, 0.4) is 0 Å². The normalized spacial score (nSPS) is 10.6. The summed E-state index contributed by atoms with van der Waals surface area (Å²) in [7, 11) is 0. The molecule has 0 fully saturated rings. The minimum atomic E-state index is -1.20. The lowest BCUT2D eigenvalue weighted by molar-refractivity contribution is -0.385. The average Bonchev–Trinajstić information content (AvgIpc) is 2.18. The van der Waals surface area contributed by atoms with Crippen molar-refractivity contribution in [3.05, 3.63) is 45.3 Å². The van der Waals surface area contributed by atoms with Crippen molar-refractivity contribution in [1.29, 1.82) is 0 Å². The number of nitro benzene ring substituents is 1. The van der Waals surface area contributed by atoms with E-state index >= 15 is 0 Å². The number of carbonyl (C=O) groups is 1. The third-order valence-corrected chi connectivity index (χ3v) is 1.99. The summed E-state index contributed by atoms with van der Waals surface area (Å²) in [6.45, 7) is 1.43. The van der Waals surface area contributed by atoms with E-state index in [-0.39, 0.29) is 16.8 Å². The number of carboxylic acid groups (broad SMARTS) is 1. The van der Waals surface area contributed by atoms with E-state index in [0.29, 0.717) is 0 Å². The minimum absolute atomic E-state index is 0.175. The summed E-state index contributed by atoms with van der Waals surface area (Å²) < 4.78 is 13.0. The molecule has 1 rings (SSSR count). The summed E-state index contributed by atoms with van der Waals surface area (Å²) in [6, 6.07) is 1.84. The first kappa shape index (κ1) is 11.8. The number of carboxylic acids is 1. The molecule has 0 aliphatic rings. The number of halogens is 1. The molecule has 0 aliphatic carbocycles. The highest BCUT2D eigenvalue weighted by atomic mass is 19.1. The van der Waals surface area contributed by atoms with Gasteiger partial charge in [0.2, 0.25) is 0 Å². The maximum absolute atomic E-state index is 13.0. The van der Waals surface area contributed by atoms with Gasteiger partial charge in [0.15, 0.2) is 0 Å². The summed E-state index contributed by atoms with van der Waals surface area (Å²) >= 11 is 0. The molecule has 0 atom stereocenters. The largest absolute Gasteiger partial charge is 0.478 e. The molecular weight excluding hydrogens is 217 g/mol. The molecule has 0 heterocycles. The van der Waals surface area contributed by atoms with Gasteiger partial charge in [-0.3, -0.25) is 10.1 Å². The van der Waals surface area contributed by atoms with E-state index in [0.717, 1.165) is 24.3 Å². The van der Waals surface area contributed by atoms with Crippen LogP contribution in [0.2, 0.25) is 0 Å². The monoisotopic (exact) mass is 225 g/mol. The van der Waals surface area contributed by atoms with Crippen molar-refractivity contribution in [2.45, 2.75) is 6.92 Å². The van der Waals surface area contributed by atoms with Gasteiger partial charge in [-0.05, 0) is 24.6 Å². The van der Waals surface area contributed by atoms with Gasteiger partial charge in [0.1, 0.15) is 5.82 Å². The van der Waals surface area contributed by atoms with Gasteiger partial charge in [0.05, 0.1) is 11.0 Å². The Morgan fingerprint density at radius 2 is 2.19 bits per heavy atom. The quantitative estimate of drug-likeness (QED) is 0.485. The van der Waals surface area contributed by atoms with E-state index in [1.54, 1.807) is 0 Å². The SMILES string of the molecule is Cc1c(/C=C/C(=O)O)cc(F)cc1[N+](=O)[O-]. The Morgan fingerprint density at radius 1 is 1.56 bits per heavy atom. The highest BCUT2D eigenvalue weighted by Crippen LogP contribution is 2.24. The Morgan fingerprint density at radius 3 is 2.69 bits per heavy atom. The standard InChI is InChI=1S/C10H8FNO4/c1-6-7(2-3-10(13)14)4-8(11)5-9(6)12(15)16/h2-5H,1H3,(H,13,14)/b3-2+. The van der Waals surface area contributed by atoms with Crippen LogP contribution in [0.1, 0.15) is 11.1 Å². The molecule has 5 nitrogen and oxygen atoms in total. The minimum Gasteiger partial charge on any atom is -0.478 e. The molecule has 0 unspecified atom stereocenters. The summed E-state index contributed by atoms with van der Waals surface area (Å²) in [6.07, 6.45) is 1.92. The van der Waals surface area contributed by atoms with E-state index in [9.17, 15) is 19.3 Å². The zero-order valence-electron chi connectivity index (χ0n) is 8.31. The molecule has 0 bridgehead atoms. The number of benzene rings is 1. The van der Waals surface area contributed by atoms with Crippen LogP contribution in [0.4, 0.5) is 10.1 Å². The molecule has 0 aliphatic heterocycles. The van der Waals surface area contributed by atoms with E-state index in [1.807, 2.05) is 0 Å². The van der Waals surface area contributed by atoms with Gasteiger partial charge in [-0.25, -0.2) is 9.18 Å². The third kappa shape index (κ3) is 2.63. The van der Waals surface area contributed by atoms with Crippen LogP contribution < -0.4 is 0 Å². The summed E-state index contributed by atoms with van der Waals surface area (Å²) in [5.74, 6) is -1.98. The summed E-state index contributed by atoms with van der Waals surface area (Å²) in [5.41, 5.74) is 0.0306. The lowest BCUT2D eigenvalue weighted by Gasteiger charge is -2.01. The van der Waals surface area contributed by atoms with Crippen LogP contribution >= 0.6 is 0 Å². The van der Waals surface area contributed by atoms with E-state index in [1.165, 1.54) is 6.92 Å². The molecule has 1 N–H and O–H groups in total. The highest BCUT2D eigenvalue weighted by Gasteiger charge is 2.14. The molecule has 0 saturated heterocycles. The van der Waals surface area contributed by atoms with E-state index in [2.05, 4.69) is 0 Å². The predicted octanol–water partition coefficient (Wildman–Crippen LogP) is 2.14. The van der Waals surface area contributed by atoms with Gasteiger partial charge in [0.25, 0.3) is 5.69 Å². The Hall–Kier alpha value is -2.24. The Balaban J connectivity index is 3.29. The van der Waals surface area contributed by atoms with Crippen LogP contribution in [-0.4, -0.2) is 16.0 Å². The zero-order valence-corrected chi connectivity index (χ0v) is 8.31. The molecule has 1 aromatic carbocycles. The number of hydrogen-bond donors (Lipinski definition) is 1. The van der Waals surface area contributed by atoms with Crippen molar-refractivity contribution in [1.82, 2.24) is 0 Å². The fourth-order valence-corrected chi connectivity index (χ4v) is 1.21. The summed E-state index contributed by atoms with van der Waals surface area (Å²) in [4.78, 5) is 20.1. The second-order valence-corrected chi connectivity index (χ2v) is 3.07. The third-order valence-electron chi connectivity index (χ3n) is 1.99. The van der Waals surface area contributed by atoms with E-state index < -0.39 is 16.7 Å². The highest BCUT2D eigenvalue weighted by molar-refractivity contribution is 5.85. The number of rotatable bonds is 3. The first-order valence-corrected chi connectivity index (χ1v) is 4.27. The second-order valence-electron chi connectivity index (χ2n) is 3.07. The lowest BCUT2D eigenvalue weighted by atomic mass is 10.1. The van der Waals surface area contributed by atoms with Crippen LogP contribution in [0.25, 0.3) is 6.08 Å². The van der Waals surface area contributed by atoms with Crippen molar-refractivity contribution in [2.24, 2.45) is 0 Å². The molecule has 84 valence electrons. The van der Waals surface area contributed by atoms with Gasteiger partial charge in [-0.15, -0.1) is 0 Å². The van der Waals surface area contributed by atoms with Gasteiger partial charge in [-0.2, -0.15) is 0 Å². The van der Waals surface area contributed by atoms with Gasteiger partial charge < -0.3 is 5.11 Å². The second kappa shape index (κ2) is 4.52. The molecule has 16 heavy (non-hydrogen) atoms. The van der Waals surface area contributed by atoms with Crippen molar-refractivity contribution in [3.8, 4) is 0 Å². The van der Waals surface area contributed by atoms with Crippen LogP contribution in [0, 0.1) is 22.9 Å². The molecule has 0 saturated carbocycles. The van der Waals surface area contributed by atoms with Crippen LogP contribution in [0.15, 0.2) is 18.2 Å². The number of nitrogens with zero attached hydrogens (tertiary/aromatic N) is 1. The van der Waals surface area contributed by atoms with Crippen molar-refractivity contribution in [2.75, 3.05) is 0 Å². The predicted molar refractivity (Wildman–Crippen MR) is 54.5 cm³/mol. The topological polar surface area (TPSA) is 80.4 Å². The number of hydrogen-bond acceptors (Lipinski definition) is 3. The van der Waals surface area contributed by atoms with Gasteiger partial charge >= 0.3 is 5.97 Å². The molecular formula is C10H8FNO4. The van der Waals surface area contributed by atoms with Crippen LogP contribution in [0.5, 0.6) is 0 Å². The molecule has 0 aromatic heterocycles. The van der Waals surface area contributed by atoms with Crippen molar-refractivity contribution >= 4 is 17.7 Å². The first-order chi connectivity index (χ1) is 7.41. The number of aliphatic carboxylic acids is 1. The fraction of sp³-hybridized carbons (Fsp3) is 0.100.